The van der Waals surface area contributed by atoms with Crippen LogP contribution in [0.4, 0.5) is 11.4 Å². The second kappa shape index (κ2) is 7.87. The van der Waals surface area contributed by atoms with Crippen molar-refractivity contribution in [2.24, 2.45) is 0 Å². The average molecular weight is 302 g/mol. The number of nitro benzene ring substituents is 1. The molecule has 6 heteroatoms. The Morgan fingerprint density at radius 1 is 1.18 bits per heavy atom. The van der Waals surface area contributed by atoms with E-state index in [9.17, 15) is 10.1 Å². The first-order valence-electron chi connectivity index (χ1n) is 6.95. The molecule has 0 saturated heterocycles. The molecule has 0 radical (unpaired) electrons. The molecular weight excluding hydrogens is 284 g/mol. The van der Waals surface area contributed by atoms with Crippen molar-refractivity contribution >= 4 is 11.4 Å². The first-order chi connectivity index (χ1) is 10.7. The number of nitrogens with zero attached hydrogens (tertiary/aromatic N) is 1. The molecule has 0 atom stereocenters. The van der Waals surface area contributed by atoms with Gasteiger partial charge in [0, 0.05) is 18.3 Å². The maximum absolute atomic E-state index is 10.9. The van der Waals surface area contributed by atoms with Crippen molar-refractivity contribution in [2.45, 2.75) is 6.42 Å². The van der Waals surface area contributed by atoms with E-state index >= 15 is 0 Å². The van der Waals surface area contributed by atoms with E-state index in [2.05, 4.69) is 5.32 Å². The maximum Gasteiger partial charge on any atom is 0.312 e. The van der Waals surface area contributed by atoms with Crippen LogP contribution in [0.2, 0.25) is 0 Å². The number of nitro groups is 1. The Bertz CT molecular complexity index is 617. The summed E-state index contributed by atoms with van der Waals surface area (Å²) in [4.78, 5) is 10.5. The molecular formula is C16H18N2O4. The molecule has 2 rings (SSSR count). The number of rotatable bonds is 8. The molecule has 0 aliphatic carbocycles. The Morgan fingerprint density at radius 2 is 1.95 bits per heavy atom. The lowest BCUT2D eigenvalue weighted by atomic mass is 10.2. The van der Waals surface area contributed by atoms with Crippen molar-refractivity contribution in [3.05, 3.63) is 58.6 Å². The van der Waals surface area contributed by atoms with Crippen LogP contribution in [0.1, 0.15) is 6.42 Å². The highest BCUT2D eigenvalue weighted by Crippen LogP contribution is 2.29. The highest BCUT2D eigenvalue weighted by molar-refractivity contribution is 5.58. The van der Waals surface area contributed by atoms with Gasteiger partial charge in [0.25, 0.3) is 0 Å². The monoisotopic (exact) mass is 302 g/mol. The summed E-state index contributed by atoms with van der Waals surface area (Å²) >= 11 is 0. The number of ether oxygens (including phenoxy) is 2. The Balaban J connectivity index is 1.79. The molecule has 116 valence electrons. The van der Waals surface area contributed by atoms with Gasteiger partial charge < -0.3 is 14.8 Å². The summed E-state index contributed by atoms with van der Waals surface area (Å²) in [5, 5.41) is 14.1. The molecule has 0 heterocycles. The SMILES string of the molecule is COc1ccc(NCCCOc2ccccc2)cc1[N+](=O)[O-]. The topological polar surface area (TPSA) is 73.6 Å². The molecule has 0 aliphatic heterocycles. The molecule has 0 aromatic heterocycles. The summed E-state index contributed by atoms with van der Waals surface area (Å²) in [7, 11) is 1.41. The fourth-order valence-electron chi connectivity index (χ4n) is 1.95. The molecule has 0 bridgehead atoms. The predicted molar refractivity (Wildman–Crippen MR) is 84.7 cm³/mol. The van der Waals surface area contributed by atoms with Gasteiger partial charge in [-0.1, -0.05) is 18.2 Å². The van der Waals surface area contributed by atoms with Gasteiger partial charge in [-0.15, -0.1) is 0 Å². The molecule has 2 aromatic carbocycles. The van der Waals surface area contributed by atoms with E-state index in [0.717, 1.165) is 12.2 Å². The van der Waals surface area contributed by atoms with E-state index < -0.39 is 4.92 Å². The van der Waals surface area contributed by atoms with Gasteiger partial charge >= 0.3 is 5.69 Å². The van der Waals surface area contributed by atoms with E-state index in [-0.39, 0.29) is 11.4 Å². The van der Waals surface area contributed by atoms with E-state index in [1.54, 1.807) is 12.1 Å². The Kier molecular flexibility index (Phi) is 5.59. The summed E-state index contributed by atoms with van der Waals surface area (Å²) in [6, 6.07) is 14.4. The van der Waals surface area contributed by atoms with Crippen LogP contribution in [0.25, 0.3) is 0 Å². The van der Waals surface area contributed by atoms with E-state index in [1.165, 1.54) is 13.2 Å². The van der Waals surface area contributed by atoms with Crippen LogP contribution in [0, 0.1) is 10.1 Å². The van der Waals surface area contributed by atoms with Crippen molar-refractivity contribution in [1.29, 1.82) is 0 Å². The number of para-hydroxylation sites is 1. The third-order valence-corrected chi connectivity index (χ3v) is 3.04. The smallest absolute Gasteiger partial charge is 0.312 e. The molecule has 0 amide bonds. The Morgan fingerprint density at radius 3 is 2.64 bits per heavy atom. The van der Waals surface area contributed by atoms with Crippen molar-refractivity contribution < 1.29 is 14.4 Å². The molecule has 1 N–H and O–H groups in total. The average Bonchev–Trinajstić information content (AvgIpc) is 2.55. The number of anilines is 1. The van der Waals surface area contributed by atoms with Gasteiger partial charge in [0.2, 0.25) is 0 Å². The van der Waals surface area contributed by atoms with Crippen LogP contribution in [-0.2, 0) is 0 Å². The van der Waals surface area contributed by atoms with Crippen LogP contribution in [0.5, 0.6) is 11.5 Å². The molecule has 0 saturated carbocycles. The summed E-state index contributed by atoms with van der Waals surface area (Å²) < 4.78 is 10.5. The molecule has 22 heavy (non-hydrogen) atoms. The lowest BCUT2D eigenvalue weighted by Gasteiger charge is -2.09. The first-order valence-corrected chi connectivity index (χ1v) is 6.95. The predicted octanol–water partition coefficient (Wildman–Crippen LogP) is 3.48. The standard InChI is InChI=1S/C16H18N2O4/c1-21-16-9-8-13(12-15(16)18(19)20)17-10-5-11-22-14-6-3-2-4-7-14/h2-4,6-9,12,17H,5,10-11H2,1H3. The number of hydrogen-bond acceptors (Lipinski definition) is 5. The normalized spacial score (nSPS) is 10.0. The van der Waals surface area contributed by atoms with Crippen LogP contribution < -0.4 is 14.8 Å². The largest absolute Gasteiger partial charge is 0.494 e. The van der Waals surface area contributed by atoms with E-state index in [4.69, 9.17) is 9.47 Å². The highest BCUT2D eigenvalue weighted by Gasteiger charge is 2.14. The van der Waals surface area contributed by atoms with Gasteiger partial charge in [-0.25, -0.2) is 0 Å². The Labute approximate surface area is 128 Å². The van der Waals surface area contributed by atoms with Crippen molar-refractivity contribution in [1.82, 2.24) is 0 Å². The van der Waals surface area contributed by atoms with Crippen LogP contribution in [-0.4, -0.2) is 25.2 Å². The van der Waals surface area contributed by atoms with Gasteiger partial charge in [0.05, 0.1) is 18.6 Å². The minimum Gasteiger partial charge on any atom is -0.494 e. The quantitative estimate of drug-likeness (QED) is 0.459. The summed E-state index contributed by atoms with van der Waals surface area (Å²) in [6.07, 6.45) is 0.786. The molecule has 0 unspecified atom stereocenters. The van der Waals surface area contributed by atoms with Crippen molar-refractivity contribution in [2.75, 3.05) is 25.6 Å². The summed E-state index contributed by atoms with van der Waals surface area (Å²) in [6.45, 7) is 1.24. The molecule has 0 aliphatic rings. The molecule has 6 nitrogen and oxygen atoms in total. The van der Waals surface area contributed by atoms with Gasteiger partial charge in [-0.05, 0) is 30.7 Å². The minimum atomic E-state index is -0.456. The molecule has 0 spiro atoms. The number of hydrogen-bond donors (Lipinski definition) is 1. The fourth-order valence-corrected chi connectivity index (χ4v) is 1.95. The van der Waals surface area contributed by atoms with Crippen LogP contribution in [0.15, 0.2) is 48.5 Å². The minimum absolute atomic E-state index is 0.0481. The maximum atomic E-state index is 10.9. The third kappa shape index (κ3) is 4.37. The van der Waals surface area contributed by atoms with Gasteiger partial charge in [-0.2, -0.15) is 0 Å². The Hall–Kier alpha value is -2.76. The summed E-state index contributed by atoms with van der Waals surface area (Å²) in [5.74, 6) is 1.09. The molecule has 2 aromatic rings. The second-order valence-corrected chi connectivity index (χ2v) is 4.59. The number of benzene rings is 2. The third-order valence-electron chi connectivity index (χ3n) is 3.04. The lowest BCUT2D eigenvalue weighted by molar-refractivity contribution is -0.385. The van der Waals surface area contributed by atoms with Crippen LogP contribution >= 0.6 is 0 Å². The van der Waals surface area contributed by atoms with Gasteiger partial charge in [0.15, 0.2) is 5.75 Å². The first kappa shape index (κ1) is 15.6. The zero-order valence-corrected chi connectivity index (χ0v) is 12.3. The lowest BCUT2D eigenvalue weighted by Crippen LogP contribution is -2.07. The van der Waals surface area contributed by atoms with Crippen LogP contribution in [0.3, 0.4) is 0 Å². The molecule has 0 fully saturated rings. The second-order valence-electron chi connectivity index (χ2n) is 4.59. The van der Waals surface area contributed by atoms with Crippen molar-refractivity contribution in [3.8, 4) is 11.5 Å². The zero-order chi connectivity index (χ0) is 15.8. The fraction of sp³-hybridized carbons (Fsp3) is 0.250. The van der Waals surface area contributed by atoms with Gasteiger partial charge in [-0.3, -0.25) is 10.1 Å². The highest BCUT2D eigenvalue weighted by atomic mass is 16.6. The van der Waals surface area contributed by atoms with Gasteiger partial charge in [0.1, 0.15) is 5.75 Å². The van der Waals surface area contributed by atoms with Crippen molar-refractivity contribution in [3.63, 3.8) is 0 Å². The number of methoxy groups -OCH3 is 1. The van der Waals surface area contributed by atoms with E-state index in [0.29, 0.717) is 18.8 Å². The van der Waals surface area contributed by atoms with E-state index in [1.807, 2.05) is 30.3 Å². The summed E-state index contributed by atoms with van der Waals surface area (Å²) in [5.41, 5.74) is 0.639. The number of nitrogens with one attached hydrogen (secondary N) is 1. The zero-order valence-electron chi connectivity index (χ0n) is 12.3.